The topological polar surface area (TPSA) is 78.0 Å². The number of likely N-dealkylation sites (tertiary alicyclic amines) is 1. The maximum atomic E-state index is 11.8. The Morgan fingerprint density at radius 1 is 1.13 bits per heavy atom. The van der Waals surface area contributed by atoms with Crippen LogP contribution in [0.5, 0.6) is 5.75 Å². The molecule has 1 aromatic carbocycles. The number of guanidine groups is 1. The van der Waals surface area contributed by atoms with Gasteiger partial charge in [0.2, 0.25) is 5.91 Å². The van der Waals surface area contributed by atoms with E-state index in [4.69, 9.17) is 9.73 Å². The molecule has 0 radical (unpaired) electrons. The summed E-state index contributed by atoms with van der Waals surface area (Å²) in [6.07, 6.45) is 5.83. The summed E-state index contributed by atoms with van der Waals surface area (Å²) in [4.78, 5) is 19.2. The minimum Gasteiger partial charge on any atom is -0.496 e. The summed E-state index contributed by atoms with van der Waals surface area (Å²) in [5, 5.41) is 9.66. The Labute approximate surface area is 180 Å². The first-order valence-electron chi connectivity index (χ1n) is 11.4. The van der Waals surface area contributed by atoms with Crippen molar-refractivity contribution >= 4 is 11.9 Å². The monoisotopic (exact) mass is 415 g/mol. The molecule has 2 fully saturated rings. The van der Waals surface area contributed by atoms with E-state index in [0.717, 1.165) is 44.2 Å². The molecule has 166 valence electrons. The van der Waals surface area contributed by atoms with Crippen LogP contribution >= 0.6 is 0 Å². The van der Waals surface area contributed by atoms with Gasteiger partial charge >= 0.3 is 0 Å². The summed E-state index contributed by atoms with van der Waals surface area (Å²) in [5.41, 5.74) is 1.19. The van der Waals surface area contributed by atoms with Gasteiger partial charge in [-0.3, -0.25) is 14.7 Å². The summed E-state index contributed by atoms with van der Waals surface area (Å²) in [6, 6.07) is 8.46. The second-order valence-corrected chi connectivity index (χ2v) is 8.07. The third-order valence-electron chi connectivity index (χ3n) is 5.76. The first kappa shape index (κ1) is 22.4. The number of benzene rings is 1. The van der Waals surface area contributed by atoms with Gasteiger partial charge in [0, 0.05) is 31.1 Å². The van der Waals surface area contributed by atoms with Crippen molar-refractivity contribution < 1.29 is 9.53 Å². The minimum atomic E-state index is 0.181. The molecular formula is C23H37N5O2. The Hall–Kier alpha value is -2.28. The number of ether oxygens (including phenoxy) is 1. The third-order valence-corrected chi connectivity index (χ3v) is 5.76. The van der Waals surface area contributed by atoms with E-state index >= 15 is 0 Å². The molecule has 7 heteroatoms. The maximum Gasteiger partial charge on any atom is 0.223 e. The van der Waals surface area contributed by atoms with Crippen LogP contribution in [0.25, 0.3) is 0 Å². The fraction of sp³-hybridized carbons (Fsp3) is 0.652. The Kier molecular flexibility index (Phi) is 8.81. The number of hydrogen-bond donors (Lipinski definition) is 3. The molecular weight excluding hydrogens is 378 g/mol. The highest BCUT2D eigenvalue weighted by Gasteiger charge is 2.29. The number of aliphatic imine (C=N–C) groups is 1. The molecule has 0 spiro atoms. The van der Waals surface area contributed by atoms with Crippen molar-refractivity contribution in [2.24, 2.45) is 10.9 Å². The van der Waals surface area contributed by atoms with Gasteiger partial charge in [0.15, 0.2) is 5.96 Å². The van der Waals surface area contributed by atoms with Crippen LogP contribution in [0, 0.1) is 5.92 Å². The SMILES string of the molecule is CCNC(=NCC(c1ccccc1OC)N1CCCCC1)NCCNC(=O)C1CC1. The number of nitrogens with zero attached hydrogens (tertiary/aromatic N) is 2. The molecule has 1 aromatic rings. The molecule has 1 unspecified atom stereocenters. The van der Waals surface area contributed by atoms with Gasteiger partial charge in [-0.2, -0.15) is 0 Å². The van der Waals surface area contributed by atoms with Crippen LogP contribution in [-0.4, -0.2) is 63.1 Å². The van der Waals surface area contributed by atoms with Crippen molar-refractivity contribution in [3.05, 3.63) is 29.8 Å². The number of carbonyl (C=O) groups is 1. The number of para-hydroxylation sites is 1. The van der Waals surface area contributed by atoms with Gasteiger partial charge in [0.1, 0.15) is 5.75 Å². The standard InChI is InChI=1S/C23H37N5O2/c1-3-24-23(26-14-13-25-22(29)18-11-12-18)27-17-20(28-15-7-4-8-16-28)19-9-5-6-10-21(19)30-2/h5-6,9-10,18,20H,3-4,7-8,11-17H2,1-2H3,(H,25,29)(H2,24,26,27). The molecule has 1 amide bonds. The summed E-state index contributed by atoms with van der Waals surface area (Å²) in [6.45, 7) is 6.97. The molecule has 1 aliphatic heterocycles. The van der Waals surface area contributed by atoms with Crippen LogP contribution in [0.4, 0.5) is 0 Å². The molecule has 1 atom stereocenters. The Balaban J connectivity index is 1.63. The average Bonchev–Trinajstić information content (AvgIpc) is 3.63. The summed E-state index contributed by atoms with van der Waals surface area (Å²) < 4.78 is 5.65. The first-order chi connectivity index (χ1) is 14.7. The second kappa shape index (κ2) is 11.8. The van der Waals surface area contributed by atoms with Crippen LogP contribution in [0.15, 0.2) is 29.3 Å². The van der Waals surface area contributed by atoms with Crippen LogP contribution in [0.3, 0.4) is 0 Å². The minimum absolute atomic E-state index is 0.181. The zero-order valence-electron chi connectivity index (χ0n) is 18.5. The van der Waals surface area contributed by atoms with E-state index in [9.17, 15) is 4.79 Å². The van der Waals surface area contributed by atoms with Gasteiger partial charge in [0.05, 0.1) is 19.7 Å². The van der Waals surface area contributed by atoms with Gasteiger partial charge in [-0.15, -0.1) is 0 Å². The normalized spacial score (nSPS) is 18.5. The van der Waals surface area contributed by atoms with Crippen molar-refractivity contribution in [2.45, 2.75) is 45.1 Å². The number of nitrogens with one attached hydrogen (secondary N) is 3. The lowest BCUT2D eigenvalue weighted by Crippen LogP contribution is -2.42. The largest absolute Gasteiger partial charge is 0.496 e. The van der Waals surface area contributed by atoms with Crippen molar-refractivity contribution in [3.8, 4) is 5.75 Å². The molecule has 2 aliphatic rings. The molecule has 1 saturated heterocycles. The van der Waals surface area contributed by atoms with Crippen molar-refractivity contribution in [3.63, 3.8) is 0 Å². The molecule has 1 heterocycles. The molecule has 30 heavy (non-hydrogen) atoms. The van der Waals surface area contributed by atoms with Crippen molar-refractivity contribution in [2.75, 3.05) is 46.4 Å². The number of hydrogen-bond acceptors (Lipinski definition) is 4. The average molecular weight is 416 g/mol. The molecule has 3 N–H and O–H groups in total. The van der Waals surface area contributed by atoms with Crippen molar-refractivity contribution in [1.29, 1.82) is 0 Å². The highest BCUT2D eigenvalue weighted by atomic mass is 16.5. The quantitative estimate of drug-likeness (QED) is 0.311. The van der Waals surface area contributed by atoms with Gasteiger partial charge in [-0.1, -0.05) is 24.6 Å². The number of carbonyl (C=O) groups excluding carboxylic acids is 1. The molecule has 1 aliphatic carbocycles. The lowest BCUT2D eigenvalue weighted by Gasteiger charge is -2.34. The predicted molar refractivity (Wildman–Crippen MR) is 121 cm³/mol. The lowest BCUT2D eigenvalue weighted by atomic mass is 10.0. The fourth-order valence-corrected chi connectivity index (χ4v) is 3.96. The van der Waals surface area contributed by atoms with Crippen molar-refractivity contribution in [1.82, 2.24) is 20.9 Å². The zero-order valence-corrected chi connectivity index (χ0v) is 18.5. The zero-order chi connectivity index (χ0) is 21.2. The van der Waals surface area contributed by atoms with E-state index in [0.29, 0.717) is 19.6 Å². The highest BCUT2D eigenvalue weighted by molar-refractivity contribution is 5.81. The maximum absolute atomic E-state index is 11.8. The van der Waals surface area contributed by atoms with E-state index in [1.807, 2.05) is 12.1 Å². The van der Waals surface area contributed by atoms with E-state index < -0.39 is 0 Å². The Morgan fingerprint density at radius 2 is 1.87 bits per heavy atom. The highest BCUT2D eigenvalue weighted by Crippen LogP contribution is 2.31. The number of methoxy groups -OCH3 is 1. The number of rotatable bonds is 10. The molecule has 3 rings (SSSR count). The van der Waals surface area contributed by atoms with E-state index in [1.54, 1.807) is 7.11 Å². The second-order valence-electron chi connectivity index (χ2n) is 8.07. The van der Waals surface area contributed by atoms with Gasteiger partial charge in [0.25, 0.3) is 0 Å². The Bertz CT molecular complexity index is 699. The summed E-state index contributed by atoms with van der Waals surface area (Å²) in [5.74, 6) is 2.14. The van der Waals surface area contributed by atoms with Gasteiger partial charge in [-0.05, 0) is 51.8 Å². The van der Waals surface area contributed by atoms with E-state index in [2.05, 4.69) is 39.9 Å². The molecule has 1 saturated carbocycles. The number of amides is 1. The van der Waals surface area contributed by atoms with E-state index in [1.165, 1.54) is 24.8 Å². The molecule has 0 aromatic heterocycles. The molecule has 7 nitrogen and oxygen atoms in total. The number of piperidine rings is 1. The first-order valence-corrected chi connectivity index (χ1v) is 11.4. The van der Waals surface area contributed by atoms with Crippen LogP contribution < -0.4 is 20.7 Å². The van der Waals surface area contributed by atoms with Crippen LogP contribution in [0.1, 0.15) is 50.6 Å². The summed E-state index contributed by atoms with van der Waals surface area (Å²) >= 11 is 0. The van der Waals surface area contributed by atoms with Crippen LogP contribution in [0.2, 0.25) is 0 Å². The van der Waals surface area contributed by atoms with Gasteiger partial charge < -0.3 is 20.7 Å². The molecule has 0 bridgehead atoms. The van der Waals surface area contributed by atoms with Crippen LogP contribution in [-0.2, 0) is 4.79 Å². The van der Waals surface area contributed by atoms with E-state index in [-0.39, 0.29) is 17.9 Å². The Morgan fingerprint density at radius 3 is 2.57 bits per heavy atom. The smallest absolute Gasteiger partial charge is 0.223 e. The summed E-state index contributed by atoms with van der Waals surface area (Å²) in [7, 11) is 1.73. The fourth-order valence-electron chi connectivity index (χ4n) is 3.96. The predicted octanol–water partition coefficient (Wildman–Crippen LogP) is 2.30. The third kappa shape index (κ3) is 6.62. The van der Waals surface area contributed by atoms with Gasteiger partial charge in [-0.25, -0.2) is 0 Å². The lowest BCUT2D eigenvalue weighted by molar-refractivity contribution is -0.122.